The van der Waals surface area contributed by atoms with Gasteiger partial charge in [-0.15, -0.1) is 0 Å². The molecule has 2 saturated carbocycles. The Bertz CT molecular complexity index is 1440. The molecule has 3 fully saturated rings. The number of nitrogens with one attached hydrogen (secondary N) is 1. The van der Waals surface area contributed by atoms with E-state index in [2.05, 4.69) is 90.7 Å². The summed E-state index contributed by atoms with van der Waals surface area (Å²) in [5.74, 6) is 3.78. The Morgan fingerprint density at radius 2 is 1.76 bits per heavy atom. The first-order valence-corrected chi connectivity index (χ1v) is 14.2. The predicted octanol–water partition coefficient (Wildman–Crippen LogP) is 5.90. The summed E-state index contributed by atoms with van der Waals surface area (Å²) in [5, 5.41) is 6.43. The maximum absolute atomic E-state index is 4.95. The molecule has 5 heteroatoms. The van der Waals surface area contributed by atoms with E-state index in [1.807, 2.05) is 0 Å². The maximum Gasteiger partial charge on any atom is 0.139 e. The van der Waals surface area contributed by atoms with Crippen molar-refractivity contribution in [2.45, 2.75) is 63.5 Å². The average Bonchev–Trinajstić information content (AvgIpc) is 3.81. The molecule has 1 N–H and O–H groups in total. The van der Waals surface area contributed by atoms with Gasteiger partial charge in [-0.05, 0) is 86.0 Å². The second-order valence-electron chi connectivity index (χ2n) is 12.3. The SMILES string of the molecule is CN(C)c1nc(CCC2CC23CCC(C2NC2Cc2cn(C)c4ccccc24)CC3)nc2ccccc12. The van der Waals surface area contributed by atoms with Crippen LogP contribution in [0.25, 0.3) is 21.8 Å². The van der Waals surface area contributed by atoms with Crippen molar-refractivity contribution in [3.8, 4) is 0 Å². The Hall–Kier alpha value is -2.92. The van der Waals surface area contributed by atoms with Crippen molar-refractivity contribution >= 4 is 27.6 Å². The molecule has 4 aromatic rings. The van der Waals surface area contributed by atoms with Crippen molar-refractivity contribution in [2.75, 3.05) is 19.0 Å². The lowest BCUT2D eigenvalue weighted by Crippen LogP contribution is -2.23. The van der Waals surface area contributed by atoms with Gasteiger partial charge in [0.2, 0.25) is 0 Å². The standard InChI is InChI=1S/C32H39N5/c1-36(2)31-25-9-4-6-10-26(25)33-29(35-31)13-12-23-19-32(23)16-14-21(15-17-32)30-27(34-30)18-22-20-37(3)28-11-7-5-8-24(22)28/h4-11,20-21,23,27,30,34H,12-19H2,1-3H3. The number of rotatable bonds is 7. The van der Waals surface area contributed by atoms with Crippen LogP contribution in [0, 0.1) is 17.3 Å². The first-order chi connectivity index (χ1) is 18.0. The van der Waals surface area contributed by atoms with Gasteiger partial charge in [0.1, 0.15) is 11.6 Å². The van der Waals surface area contributed by atoms with E-state index < -0.39 is 0 Å². The van der Waals surface area contributed by atoms with E-state index in [1.165, 1.54) is 55.0 Å². The van der Waals surface area contributed by atoms with Gasteiger partial charge >= 0.3 is 0 Å². The van der Waals surface area contributed by atoms with Gasteiger partial charge in [0.05, 0.1) is 5.52 Å². The van der Waals surface area contributed by atoms with Gasteiger partial charge in [-0.1, -0.05) is 30.3 Å². The van der Waals surface area contributed by atoms with Crippen LogP contribution in [0.3, 0.4) is 0 Å². The van der Waals surface area contributed by atoms with Crippen LogP contribution >= 0.6 is 0 Å². The summed E-state index contributed by atoms with van der Waals surface area (Å²) in [5.41, 5.74) is 4.54. The number of hydrogen-bond acceptors (Lipinski definition) is 4. The summed E-state index contributed by atoms with van der Waals surface area (Å²) in [4.78, 5) is 12.0. The minimum Gasteiger partial charge on any atom is -0.362 e. The van der Waals surface area contributed by atoms with Gasteiger partial charge in [0.25, 0.3) is 0 Å². The summed E-state index contributed by atoms with van der Waals surface area (Å²) in [6, 6.07) is 18.6. The van der Waals surface area contributed by atoms with Crippen molar-refractivity contribution in [2.24, 2.45) is 24.3 Å². The Balaban J connectivity index is 0.933. The molecule has 3 heterocycles. The normalized spacial score (nSPS) is 28.7. The van der Waals surface area contributed by atoms with Crippen molar-refractivity contribution < 1.29 is 0 Å². The zero-order chi connectivity index (χ0) is 25.1. The van der Waals surface area contributed by atoms with E-state index in [0.717, 1.165) is 53.3 Å². The van der Waals surface area contributed by atoms with Crippen molar-refractivity contribution in [3.63, 3.8) is 0 Å². The predicted molar refractivity (Wildman–Crippen MR) is 152 cm³/mol. The van der Waals surface area contributed by atoms with Crippen LogP contribution in [-0.4, -0.2) is 40.7 Å². The lowest BCUT2D eigenvalue weighted by Gasteiger charge is -2.29. The van der Waals surface area contributed by atoms with Crippen molar-refractivity contribution in [3.05, 3.63) is 66.1 Å². The number of aryl methyl sites for hydroxylation is 2. The largest absolute Gasteiger partial charge is 0.362 e. The topological polar surface area (TPSA) is 55.9 Å². The Kier molecular flexibility index (Phi) is 5.54. The molecule has 2 aliphatic carbocycles. The molecule has 0 bridgehead atoms. The maximum atomic E-state index is 4.95. The molecule has 3 unspecified atom stereocenters. The molecule has 0 amide bonds. The van der Waals surface area contributed by atoms with E-state index in [-0.39, 0.29) is 0 Å². The third-order valence-electron chi connectivity index (χ3n) is 9.81. The molecule has 37 heavy (non-hydrogen) atoms. The van der Waals surface area contributed by atoms with Gasteiger partial charge in [-0.25, -0.2) is 9.97 Å². The van der Waals surface area contributed by atoms with E-state index >= 15 is 0 Å². The first-order valence-electron chi connectivity index (χ1n) is 14.2. The highest BCUT2D eigenvalue weighted by molar-refractivity contribution is 5.89. The number of hydrogen-bond donors (Lipinski definition) is 1. The zero-order valence-corrected chi connectivity index (χ0v) is 22.5. The lowest BCUT2D eigenvalue weighted by atomic mass is 9.76. The van der Waals surface area contributed by atoms with E-state index in [9.17, 15) is 0 Å². The highest BCUT2D eigenvalue weighted by Crippen LogP contribution is 2.64. The number of nitrogens with zero attached hydrogens (tertiary/aromatic N) is 4. The van der Waals surface area contributed by atoms with Gasteiger partial charge in [-0.2, -0.15) is 0 Å². The Labute approximate surface area is 220 Å². The van der Waals surface area contributed by atoms with E-state index in [1.54, 1.807) is 0 Å². The fourth-order valence-corrected chi connectivity index (χ4v) is 7.56. The first kappa shape index (κ1) is 23.2. The molecule has 1 spiro atoms. The quantitative estimate of drug-likeness (QED) is 0.326. The van der Waals surface area contributed by atoms with Crippen LogP contribution in [-0.2, 0) is 19.9 Å². The minimum absolute atomic E-state index is 0.623. The molecule has 3 atom stereocenters. The number of aromatic nitrogens is 3. The molecule has 0 radical (unpaired) electrons. The van der Waals surface area contributed by atoms with E-state index in [0.29, 0.717) is 11.5 Å². The summed E-state index contributed by atoms with van der Waals surface area (Å²) in [6.45, 7) is 0. The summed E-state index contributed by atoms with van der Waals surface area (Å²) in [6.07, 6.45) is 12.8. The van der Waals surface area contributed by atoms with Gasteiger partial charge in [-0.3, -0.25) is 0 Å². The average molecular weight is 494 g/mol. The lowest BCUT2D eigenvalue weighted by molar-refractivity contribution is 0.231. The molecule has 3 aliphatic rings. The van der Waals surface area contributed by atoms with Crippen LogP contribution in [0.5, 0.6) is 0 Å². The fraction of sp³-hybridized carbons (Fsp3) is 0.500. The number of anilines is 1. The van der Waals surface area contributed by atoms with Crippen molar-refractivity contribution in [1.82, 2.24) is 19.9 Å². The van der Waals surface area contributed by atoms with Gasteiger partial charge in [0, 0.05) is 62.1 Å². The third-order valence-corrected chi connectivity index (χ3v) is 9.81. The van der Waals surface area contributed by atoms with Crippen LogP contribution in [0.15, 0.2) is 54.7 Å². The van der Waals surface area contributed by atoms with Crippen molar-refractivity contribution in [1.29, 1.82) is 0 Å². The molecule has 1 saturated heterocycles. The Morgan fingerprint density at radius 3 is 2.57 bits per heavy atom. The molecule has 7 rings (SSSR count). The number of para-hydroxylation sites is 2. The highest BCUT2D eigenvalue weighted by atomic mass is 15.2. The van der Waals surface area contributed by atoms with Crippen LogP contribution < -0.4 is 10.2 Å². The van der Waals surface area contributed by atoms with E-state index in [4.69, 9.17) is 9.97 Å². The highest BCUT2D eigenvalue weighted by Gasteiger charge is 2.56. The summed E-state index contributed by atoms with van der Waals surface area (Å²) < 4.78 is 2.28. The minimum atomic E-state index is 0.623. The monoisotopic (exact) mass is 493 g/mol. The molecule has 5 nitrogen and oxygen atoms in total. The fourth-order valence-electron chi connectivity index (χ4n) is 7.56. The smallest absolute Gasteiger partial charge is 0.139 e. The van der Waals surface area contributed by atoms with Crippen LogP contribution in [0.4, 0.5) is 5.82 Å². The molecular formula is C32H39N5. The summed E-state index contributed by atoms with van der Waals surface area (Å²) >= 11 is 0. The molecule has 1 aliphatic heterocycles. The zero-order valence-electron chi connectivity index (χ0n) is 22.5. The molecular weight excluding hydrogens is 454 g/mol. The van der Waals surface area contributed by atoms with Crippen LogP contribution in [0.1, 0.15) is 49.9 Å². The second-order valence-corrected chi connectivity index (χ2v) is 12.3. The van der Waals surface area contributed by atoms with Crippen LogP contribution in [0.2, 0.25) is 0 Å². The van der Waals surface area contributed by atoms with Gasteiger partial charge in [0.15, 0.2) is 0 Å². The molecule has 2 aromatic carbocycles. The molecule has 192 valence electrons. The van der Waals surface area contributed by atoms with Gasteiger partial charge < -0.3 is 14.8 Å². The Morgan fingerprint density at radius 1 is 1.00 bits per heavy atom. The third kappa shape index (κ3) is 4.21. The molecule has 2 aromatic heterocycles. The summed E-state index contributed by atoms with van der Waals surface area (Å²) in [7, 11) is 6.33. The number of benzene rings is 2. The second kappa shape index (κ2) is 8.83. The number of fused-ring (bicyclic) bond motifs is 2.